The largest absolute Gasteiger partial charge is 0.447 e. The Labute approximate surface area is 258 Å². The van der Waals surface area contributed by atoms with Crippen molar-refractivity contribution in [2.24, 2.45) is 0 Å². The normalized spacial score (nSPS) is 14.9. The Balaban J connectivity index is 1.31. The van der Waals surface area contributed by atoms with Crippen LogP contribution in [0.25, 0.3) is 11.1 Å². The van der Waals surface area contributed by atoms with E-state index in [-0.39, 0.29) is 24.1 Å². The van der Waals surface area contributed by atoms with Gasteiger partial charge in [0.05, 0.1) is 19.3 Å². The molecule has 3 N–H and O–H groups in total. The van der Waals surface area contributed by atoms with Gasteiger partial charge >= 0.3 is 0 Å². The van der Waals surface area contributed by atoms with Gasteiger partial charge in [-0.2, -0.15) is 0 Å². The van der Waals surface area contributed by atoms with Crippen LogP contribution in [0.4, 0.5) is 5.69 Å². The molecule has 0 aliphatic carbocycles. The van der Waals surface area contributed by atoms with Gasteiger partial charge in [0.1, 0.15) is 11.8 Å². The van der Waals surface area contributed by atoms with Gasteiger partial charge in [-0.1, -0.05) is 60.7 Å². The van der Waals surface area contributed by atoms with E-state index in [1.807, 2.05) is 93.6 Å². The molecule has 3 aromatic carbocycles. The molecular formula is C35H39N5O4. The molecule has 9 heteroatoms. The van der Waals surface area contributed by atoms with Crippen LogP contribution in [-0.4, -0.2) is 40.8 Å². The van der Waals surface area contributed by atoms with Crippen LogP contribution in [0.1, 0.15) is 60.9 Å². The molecule has 1 unspecified atom stereocenters. The van der Waals surface area contributed by atoms with Crippen LogP contribution < -0.4 is 20.9 Å². The first-order valence-electron chi connectivity index (χ1n) is 15.0. The topological polar surface area (TPSA) is 117 Å². The number of amides is 3. The molecule has 1 aliphatic rings. The number of oxazole rings is 1. The smallest absolute Gasteiger partial charge is 0.251 e. The van der Waals surface area contributed by atoms with E-state index in [9.17, 15) is 14.4 Å². The van der Waals surface area contributed by atoms with Gasteiger partial charge in [0, 0.05) is 29.8 Å². The number of nitrogens with zero attached hydrogens (tertiary/aromatic N) is 2. The molecule has 4 aromatic rings. The summed E-state index contributed by atoms with van der Waals surface area (Å²) in [5.74, 6) is 0.243. The van der Waals surface area contributed by atoms with E-state index in [1.54, 1.807) is 11.1 Å². The number of carbonyl (C=O) groups excluding carboxylic acids is 3. The van der Waals surface area contributed by atoms with Crippen molar-refractivity contribution in [2.75, 3.05) is 11.4 Å². The van der Waals surface area contributed by atoms with Gasteiger partial charge in [-0.3, -0.25) is 14.4 Å². The SMILES string of the molecule is CCNC(=O)c1ccccc1-c1ccc(CN2C(=O)C(NC(=O)CC(C)(C)NCc3cnco3)CCc3ccccc32)cc1. The summed E-state index contributed by atoms with van der Waals surface area (Å²) < 4.78 is 5.29. The van der Waals surface area contributed by atoms with Crippen molar-refractivity contribution >= 4 is 23.4 Å². The van der Waals surface area contributed by atoms with Crippen molar-refractivity contribution in [1.82, 2.24) is 20.9 Å². The standard InChI is InChI=1S/C35H39N5O4/c1-4-37-33(42)29-11-7-6-10-28(29)25-15-13-24(14-16-25)22-40-31-12-8-5-9-26(31)17-18-30(34(40)43)39-32(41)19-35(2,3)38-21-27-20-36-23-44-27/h5-16,20,23,30,38H,4,17-19,21-22H2,1-3H3,(H,37,42)(H,39,41). The van der Waals surface area contributed by atoms with Crippen LogP contribution in [0, 0.1) is 0 Å². The number of benzene rings is 3. The number of hydrogen-bond donors (Lipinski definition) is 3. The van der Waals surface area contributed by atoms with Crippen molar-refractivity contribution in [3.05, 3.63) is 108 Å². The number of carbonyl (C=O) groups is 3. The highest BCUT2D eigenvalue weighted by Crippen LogP contribution is 2.30. The first-order chi connectivity index (χ1) is 21.2. The fourth-order valence-electron chi connectivity index (χ4n) is 5.54. The fraction of sp³-hybridized carbons (Fsp3) is 0.314. The van der Waals surface area contributed by atoms with Crippen LogP contribution in [0.3, 0.4) is 0 Å². The molecule has 44 heavy (non-hydrogen) atoms. The summed E-state index contributed by atoms with van der Waals surface area (Å²) in [6.07, 6.45) is 4.39. The van der Waals surface area contributed by atoms with Gasteiger partial charge < -0.3 is 25.3 Å². The molecule has 5 rings (SSSR count). The number of rotatable bonds is 11. The Morgan fingerprint density at radius 2 is 1.77 bits per heavy atom. The van der Waals surface area contributed by atoms with E-state index in [2.05, 4.69) is 20.9 Å². The molecular weight excluding hydrogens is 554 g/mol. The van der Waals surface area contributed by atoms with Crippen LogP contribution in [0.2, 0.25) is 0 Å². The molecule has 9 nitrogen and oxygen atoms in total. The second kappa shape index (κ2) is 13.7. The average molecular weight is 594 g/mol. The van der Waals surface area contributed by atoms with Crippen molar-refractivity contribution in [1.29, 1.82) is 0 Å². The molecule has 1 aromatic heterocycles. The monoisotopic (exact) mass is 593 g/mol. The Bertz CT molecular complexity index is 1600. The lowest BCUT2D eigenvalue weighted by Crippen LogP contribution is -2.50. The summed E-state index contributed by atoms with van der Waals surface area (Å²) in [5.41, 5.74) is 4.73. The van der Waals surface area contributed by atoms with E-state index in [0.29, 0.717) is 43.8 Å². The number of hydrogen-bond acceptors (Lipinski definition) is 6. The van der Waals surface area contributed by atoms with Crippen LogP contribution >= 0.6 is 0 Å². The number of aryl methyl sites for hydroxylation is 1. The summed E-state index contributed by atoms with van der Waals surface area (Å²) in [4.78, 5) is 45.5. The molecule has 1 atom stereocenters. The predicted molar refractivity (Wildman–Crippen MR) is 170 cm³/mol. The molecule has 0 fully saturated rings. The predicted octanol–water partition coefficient (Wildman–Crippen LogP) is 5.01. The maximum absolute atomic E-state index is 14.0. The number of aromatic nitrogens is 1. The maximum Gasteiger partial charge on any atom is 0.251 e. The molecule has 3 amide bonds. The van der Waals surface area contributed by atoms with Crippen molar-refractivity contribution < 1.29 is 18.8 Å². The average Bonchev–Trinajstić information content (AvgIpc) is 3.51. The summed E-state index contributed by atoms with van der Waals surface area (Å²) >= 11 is 0. The van der Waals surface area contributed by atoms with E-state index in [4.69, 9.17) is 4.42 Å². The lowest BCUT2D eigenvalue weighted by molar-refractivity contribution is -0.128. The zero-order valence-corrected chi connectivity index (χ0v) is 25.4. The Hall–Kier alpha value is -4.76. The Kier molecular flexibility index (Phi) is 9.55. The molecule has 1 aliphatic heterocycles. The molecule has 0 radical (unpaired) electrons. The first-order valence-corrected chi connectivity index (χ1v) is 15.0. The highest BCUT2D eigenvalue weighted by atomic mass is 16.3. The lowest BCUT2D eigenvalue weighted by atomic mass is 9.98. The molecule has 0 saturated heterocycles. The molecule has 0 spiro atoms. The molecule has 228 valence electrons. The minimum Gasteiger partial charge on any atom is -0.447 e. The number of anilines is 1. The third-order valence-electron chi connectivity index (χ3n) is 7.83. The second-order valence-corrected chi connectivity index (χ2v) is 11.7. The van der Waals surface area contributed by atoms with Gasteiger partial charge in [-0.05, 0) is 68.0 Å². The highest BCUT2D eigenvalue weighted by Gasteiger charge is 2.32. The summed E-state index contributed by atoms with van der Waals surface area (Å²) in [6, 6.07) is 22.7. The Morgan fingerprint density at radius 3 is 2.52 bits per heavy atom. The Morgan fingerprint density at radius 1 is 1.02 bits per heavy atom. The zero-order chi connectivity index (χ0) is 31.1. The summed E-state index contributed by atoms with van der Waals surface area (Å²) in [6.45, 7) is 7.13. The van der Waals surface area contributed by atoms with Crippen molar-refractivity contribution in [3.8, 4) is 11.1 Å². The van der Waals surface area contributed by atoms with Crippen LogP contribution in [0.15, 0.2) is 89.8 Å². The number of para-hydroxylation sites is 1. The molecule has 0 bridgehead atoms. The third-order valence-corrected chi connectivity index (χ3v) is 7.83. The van der Waals surface area contributed by atoms with Gasteiger partial charge in [0.15, 0.2) is 6.39 Å². The van der Waals surface area contributed by atoms with Crippen molar-refractivity contribution in [2.45, 2.75) is 64.7 Å². The summed E-state index contributed by atoms with van der Waals surface area (Å²) in [7, 11) is 0. The third kappa shape index (κ3) is 7.41. The first kappa shape index (κ1) is 30.7. The zero-order valence-electron chi connectivity index (χ0n) is 25.4. The summed E-state index contributed by atoms with van der Waals surface area (Å²) in [5, 5.41) is 9.23. The maximum atomic E-state index is 14.0. The van der Waals surface area contributed by atoms with E-state index < -0.39 is 11.6 Å². The van der Waals surface area contributed by atoms with Gasteiger partial charge in [-0.25, -0.2) is 4.98 Å². The van der Waals surface area contributed by atoms with Crippen LogP contribution in [0.5, 0.6) is 0 Å². The van der Waals surface area contributed by atoms with E-state index >= 15 is 0 Å². The molecule has 0 saturated carbocycles. The van der Waals surface area contributed by atoms with E-state index in [0.717, 1.165) is 27.9 Å². The minimum atomic E-state index is -0.650. The number of nitrogens with one attached hydrogen (secondary N) is 3. The highest BCUT2D eigenvalue weighted by molar-refractivity contribution is 6.01. The van der Waals surface area contributed by atoms with E-state index in [1.165, 1.54) is 6.39 Å². The minimum absolute atomic E-state index is 0.110. The second-order valence-electron chi connectivity index (χ2n) is 11.7. The quantitative estimate of drug-likeness (QED) is 0.225. The van der Waals surface area contributed by atoms with Gasteiger partial charge in [0.2, 0.25) is 11.8 Å². The lowest BCUT2D eigenvalue weighted by Gasteiger charge is -2.28. The van der Waals surface area contributed by atoms with Crippen LogP contribution in [-0.2, 0) is 29.1 Å². The van der Waals surface area contributed by atoms with Gasteiger partial charge in [0.25, 0.3) is 5.91 Å². The van der Waals surface area contributed by atoms with Gasteiger partial charge in [-0.15, -0.1) is 0 Å². The van der Waals surface area contributed by atoms with Crippen molar-refractivity contribution in [3.63, 3.8) is 0 Å². The molecule has 2 heterocycles. The number of fused-ring (bicyclic) bond motifs is 1. The fourth-order valence-corrected chi connectivity index (χ4v) is 5.54.